The van der Waals surface area contributed by atoms with Gasteiger partial charge >= 0.3 is 5.97 Å². The summed E-state index contributed by atoms with van der Waals surface area (Å²) >= 11 is 3.56. The van der Waals surface area contributed by atoms with Crippen LogP contribution < -0.4 is 0 Å². The van der Waals surface area contributed by atoms with Crippen LogP contribution in [-0.4, -0.2) is 23.4 Å². The van der Waals surface area contributed by atoms with E-state index in [1.54, 1.807) is 42.2 Å². The lowest BCUT2D eigenvalue weighted by Gasteiger charge is -2.24. The number of nitrogens with zero attached hydrogens (tertiary/aromatic N) is 3. The zero-order valence-electron chi connectivity index (χ0n) is 20.5. The van der Waals surface area contributed by atoms with Crippen LogP contribution in [0.5, 0.6) is 0 Å². The van der Waals surface area contributed by atoms with Crippen molar-refractivity contribution in [3.63, 3.8) is 0 Å². The van der Waals surface area contributed by atoms with Crippen molar-refractivity contribution in [3.8, 4) is 12.1 Å². The highest BCUT2D eigenvalue weighted by atomic mass is 79.9. The molecule has 0 heterocycles. The third-order valence-electron chi connectivity index (χ3n) is 5.73. The number of rotatable bonds is 10. The Morgan fingerprint density at radius 1 is 0.919 bits per heavy atom. The Morgan fingerprint density at radius 2 is 1.51 bits per heavy atom. The van der Waals surface area contributed by atoms with Gasteiger partial charge in [0.1, 0.15) is 0 Å². The van der Waals surface area contributed by atoms with Gasteiger partial charge in [-0.15, -0.1) is 0 Å². The highest BCUT2D eigenvalue weighted by molar-refractivity contribution is 9.10. The van der Waals surface area contributed by atoms with Crippen LogP contribution in [0, 0.1) is 22.7 Å². The van der Waals surface area contributed by atoms with Crippen molar-refractivity contribution in [2.24, 2.45) is 0 Å². The Labute approximate surface area is 225 Å². The average molecular weight is 556 g/mol. The molecule has 37 heavy (non-hydrogen) atoms. The van der Waals surface area contributed by atoms with Crippen LogP contribution in [0.15, 0.2) is 77.3 Å². The first-order chi connectivity index (χ1) is 17.9. The molecule has 0 aliphatic rings. The van der Waals surface area contributed by atoms with Crippen molar-refractivity contribution in [1.82, 2.24) is 4.90 Å². The topological polar surface area (TPSA) is 94.2 Å². The van der Waals surface area contributed by atoms with Crippen LogP contribution in [0.3, 0.4) is 0 Å². The van der Waals surface area contributed by atoms with Gasteiger partial charge in [0.15, 0.2) is 0 Å². The van der Waals surface area contributed by atoms with Gasteiger partial charge in [-0.05, 0) is 59.9 Å². The number of hydrogen-bond acceptors (Lipinski definition) is 5. The third kappa shape index (κ3) is 7.90. The molecule has 1 amide bonds. The fourth-order valence-corrected chi connectivity index (χ4v) is 4.27. The van der Waals surface area contributed by atoms with Crippen LogP contribution in [-0.2, 0) is 33.8 Å². The summed E-state index contributed by atoms with van der Waals surface area (Å²) in [7, 11) is 0. The minimum atomic E-state index is -0.409. The second-order valence-corrected chi connectivity index (χ2v) is 9.08. The lowest BCUT2D eigenvalue weighted by atomic mass is 10.0. The Morgan fingerprint density at radius 3 is 2.08 bits per heavy atom. The van der Waals surface area contributed by atoms with E-state index >= 15 is 0 Å². The predicted octanol–water partition coefficient (Wildman–Crippen LogP) is 5.93. The number of halogens is 1. The maximum atomic E-state index is 13.5. The van der Waals surface area contributed by atoms with Crippen molar-refractivity contribution >= 4 is 33.9 Å². The quantitative estimate of drug-likeness (QED) is 0.228. The Balaban J connectivity index is 1.81. The van der Waals surface area contributed by atoms with E-state index in [-0.39, 0.29) is 25.4 Å². The van der Waals surface area contributed by atoms with Gasteiger partial charge in [0.05, 0.1) is 29.9 Å². The number of carbonyl (C=O) groups is 2. The molecule has 6 nitrogen and oxygen atoms in total. The van der Waals surface area contributed by atoms with Gasteiger partial charge in [-0.25, -0.2) is 4.79 Å². The molecule has 3 aromatic rings. The molecule has 0 aromatic heterocycles. The number of esters is 1. The molecule has 3 aromatic carbocycles. The largest absolute Gasteiger partial charge is 0.463 e. The van der Waals surface area contributed by atoms with E-state index in [0.29, 0.717) is 24.2 Å². The Kier molecular flexibility index (Phi) is 10.2. The van der Waals surface area contributed by atoms with Crippen LogP contribution in [0.1, 0.15) is 46.7 Å². The molecule has 0 spiro atoms. The molecule has 0 aliphatic heterocycles. The fraction of sp³-hybridized carbons (Fsp3) is 0.200. The van der Waals surface area contributed by atoms with Crippen LogP contribution in [0.2, 0.25) is 0 Å². The molecule has 0 bridgehead atoms. The monoisotopic (exact) mass is 555 g/mol. The number of ether oxygens (including phenoxy) is 1. The minimum absolute atomic E-state index is 0.0974. The van der Waals surface area contributed by atoms with E-state index in [4.69, 9.17) is 4.74 Å². The summed E-state index contributed by atoms with van der Waals surface area (Å²) in [5, 5.41) is 19.0. The van der Waals surface area contributed by atoms with Crippen molar-refractivity contribution in [2.75, 3.05) is 6.61 Å². The summed E-state index contributed by atoms with van der Waals surface area (Å²) in [6, 6.07) is 24.5. The summed E-state index contributed by atoms with van der Waals surface area (Å²) in [5.74, 6) is -0.507. The maximum absolute atomic E-state index is 13.5. The fourth-order valence-electron chi connectivity index (χ4n) is 3.82. The SMILES string of the molecule is CCOC(=O)/C=C/c1ccc(Br)c(CCC(=O)N(Cc2ccccc2C#N)Cc2ccccc2C#N)c1. The molecule has 3 rings (SSSR count). The molecule has 0 atom stereocenters. The maximum Gasteiger partial charge on any atom is 0.330 e. The average Bonchev–Trinajstić information content (AvgIpc) is 2.92. The molecular formula is C30H26BrN3O3. The highest BCUT2D eigenvalue weighted by Crippen LogP contribution is 2.23. The molecule has 186 valence electrons. The number of nitriles is 2. The first-order valence-electron chi connectivity index (χ1n) is 11.8. The summed E-state index contributed by atoms with van der Waals surface area (Å²) < 4.78 is 5.79. The van der Waals surface area contributed by atoms with E-state index in [0.717, 1.165) is 26.7 Å². The number of carbonyl (C=O) groups excluding carboxylic acids is 2. The van der Waals surface area contributed by atoms with Crippen LogP contribution >= 0.6 is 15.9 Å². The molecule has 0 aliphatic carbocycles. The van der Waals surface area contributed by atoms with E-state index in [2.05, 4.69) is 28.1 Å². The summed E-state index contributed by atoms with van der Waals surface area (Å²) in [4.78, 5) is 26.8. The van der Waals surface area contributed by atoms with E-state index < -0.39 is 5.97 Å². The molecule has 0 fully saturated rings. The molecule has 0 saturated carbocycles. The third-order valence-corrected chi connectivity index (χ3v) is 6.50. The standard InChI is InChI=1S/C30H26BrN3O3/c1-2-37-30(36)16-12-22-11-14-28(31)23(17-22)13-15-29(35)34(20-26-9-5-3-7-24(26)18-32)21-27-10-6-4-8-25(27)19-33/h3-12,14,16-17H,2,13,15,20-21H2,1H3/b16-12+. The van der Waals surface area contributed by atoms with E-state index in [1.165, 1.54) is 6.08 Å². The Hall–Kier alpha value is -4.20. The van der Waals surface area contributed by atoms with Gasteiger partial charge in [0, 0.05) is 30.1 Å². The number of aryl methyl sites for hydroxylation is 1. The second-order valence-electron chi connectivity index (χ2n) is 8.22. The van der Waals surface area contributed by atoms with Crippen molar-refractivity contribution in [1.29, 1.82) is 10.5 Å². The number of hydrogen-bond donors (Lipinski definition) is 0. The number of benzene rings is 3. The molecule has 0 unspecified atom stereocenters. The van der Waals surface area contributed by atoms with Gasteiger partial charge in [0.25, 0.3) is 0 Å². The first kappa shape index (κ1) is 27.4. The first-order valence-corrected chi connectivity index (χ1v) is 12.6. The van der Waals surface area contributed by atoms with Gasteiger partial charge in [0.2, 0.25) is 5.91 Å². The molecular weight excluding hydrogens is 530 g/mol. The molecule has 0 radical (unpaired) electrons. The summed E-state index contributed by atoms with van der Waals surface area (Å²) in [6.07, 6.45) is 3.76. The number of amides is 1. The lowest BCUT2D eigenvalue weighted by Crippen LogP contribution is -2.31. The van der Waals surface area contributed by atoms with Gasteiger partial charge < -0.3 is 9.64 Å². The zero-order valence-corrected chi connectivity index (χ0v) is 22.1. The van der Waals surface area contributed by atoms with Gasteiger partial charge in [-0.1, -0.05) is 64.5 Å². The second kappa shape index (κ2) is 13.8. The molecule has 0 N–H and O–H groups in total. The predicted molar refractivity (Wildman–Crippen MR) is 145 cm³/mol. The van der Waals surface area contributed by atoms with Crippen molar-refractivity contribution < 1.29 is 14.3 Å². The van der Waals surface area contributed by atoms with Crippen molar-refractivity contribution in [3.05, 3.63) is 111 Å². The lowest BCUT2D eigenvalue weighted by molar-refractivity contribution is -0.137. The van der Waals surface area contributed by atoms with Crippen LogP contribution in [0.25, 0.3) is 6.08 Å². The van der Waals surface area contributed by atoms with E-state index in [1.807, 2.05) is 42.5 Å². The minimum Gasteiger partial charge on any atom is -0.463 e. The summed E-state index contributed by atoms with van der Waals surface area (Å²) in [6.45, 7) is 2.57. The molecule has 0 saturated heterocycles. The van der Waals surface area contributed by atoms with Gasteiger partial charge in [-0.2, -0.15) is 10.5 Å². The normalized spacial score (nSPS) is 10.5. The Bertz CT molecular complexity index is 1330. The van der Waals surface area contributed by atoms with E-state index in [9.17, 15) is 20.1 Å². The smallest absolute Gasteiger partial charge is 0.330 e. The molecule has 7 heteroatoms. The van der Waals surface area contributed by atoms with Crippen LogP contribution in [0.4, 0.5) is 0 Å². The highest BCUT2D eigenvalue weighted by Gasteiger charge is 2.18. The zero-order chi connectivity index (χ0) is 26.6. The van der Waals surface area contributed by atoms with Gasteiger partial charge in [-0.3, -0.25) is 4.79 Å². The summed E-state index contributed by atoms with van der Waals surface area (Å²) in [5.41, 5.74) is 4.27. The van der Waals surface area contributed by atoms with Crippen molar-refractivity contribution in [2.45, 2.75) is 32.9 Å².